The highest BCUT2D eigenvalue weighted by Gasteiger charge is 2.25. The minimum atomic E-state index is -0.801. The van der Waals surface area contributed by atoms with E-state index in [9.17, 15) is 9.59 Å². The van der Waals surface area contributed by atoms with Crippen LogP contribution in [0, 0.1) is 5.92 Å². The van der Waals surface area contributed by atoms with Gasteiger partial charge in [-0.1, -0.05) is 37.0 Å². The van der Waals surface area contributed by atoms with Gasteiger partial charge in [0.15, 0.2) is 0 Å². The normalized spacial score (nSPS) is 12.3. The van der Waals surface area contributed by atoms with Crippen LogP contribution < -0.4 is 15.5 Å². The van der Waals surface area contributed by atoms with Crippen molar-refractivity contribution in [2.75, 3.05) is 0 Å². The number of benzene rings is 2. The average molecular weight is 529 g/mol. The van der Waals surface area contributed by atoms with E-state index in [1.54, 1.807) is 6.07 Å². The molecule has 0 spiro atoms. The Labute approximate surface area is 200 Å². The highest BCUT2D eigenvalue weighted by molar-refractivity contribution is 9.10. The van der Waals surface area contributed by atoms with Gasteiger partial charge in [0, 0.05) is 5.02 Å². The second kappa shape index (κ2) is 11.5. The molecule has 0 saturated carbocycles. The zero-order chi connectivity index (χ0) is 23.1. The van der Waals surface area contributed by atoms with Gasteiger partial charge in [0.25, 0.3) is 11.8 Å². The van der Waals surface area contributed by atoms with Crippen LogP contribution in [0.5, 0.6) is 5.75 Å². The summed E-state index contributed by atoms with van der Waals surface area (Å²) in [6.45, 7) is 7.54. The van der Waals surface area contributed by atoms with Crippen molar-refractivity contribution >= 4 is 57.2 Å². The molecule has 0 saturated heterocycles. The fourth-order valence-electron chi connectivity index (χ4n) is 2.61. The molecule has 6 nitrogen and oxygen atoms in total. The van der Waals surface area contributed by atoms with Gasteiger partial charge in [-0.2, -0.15) is 5.10 Å². The molecule has 0 bridgehead atoms. The van der Waals surface area contributed by atoms with Gasteiger partial charge in [0.05, 0.1) is 27.4 Å². The first kappa shape index (κ1) is 25.2. The second-order valence-electron chi connectivity index (χ2n) is 7.41. The lowest BCUT2D eigenvalue weighted by atomic mass is 10.0. The number of amides is 2. The number of carbonyl (C=O) groups is 2. The Bertz CT molecular complexity index is 980. The monoisotopic (exact) mass is 527 g/mol. The number of halogens is 3. The molecular weight excluding hydrogens is 505 g/mol. The van der Waals surface area contributed by atoms with Crippen LogP contribution >= 0.6 is 39.1 Å². The summed E-state index contributed by atoms with van der Waals surface area (Å²) in [6, 6.07) is 9.22. The SMILES string of the molecule is CC(C)Oc1ccc(/C=N/NC(=O)C(NC(=O)c2ccc(Cl)cc2Cl)C(C)C)cc1Br. The lowest BCUT2D eigenvalue weighted by molar-refractivity contribution is -0.123. The third-order valence-electron chi connectivity index (χ3n) is 4.12. The molecule has 0 fully saturated rings. The van der Waals surface area contributed by atoms with Crippen LogP contribution in [0.1, 0.15) is 43.6 Å². The van der Waals surface area contributed by atoms with Crippen molar-refractivity contribution < 1.29 is 14.3 Å². The first-order chi connectivity index (χ1) is 14.6. The van der Waals surface area contributed by atoms with Gasteiger partial charge in [0.2, 0.25) is 0 Å². The molecule has 1 unspecified atom stereocenters. The number of carbonyl (C=O) groups excluding carboxylic acids is 2. The van der Waals surface area contributed by atoms with Crippen molar-refractivity contribution in [3.05, 3.63) is 62.0 Å². The predicted octanol–water partition coefficient (Wildman–Crippen LogP) is 5.45. The molecule has 0 aromatic heterocycles. The summed E-state index contributed by atoms with van der Waals surface area (Å²) in [6.07, 6.45) is 1.57. The van der Waals surface area contributed by atoms with Crippen LogP contribution in [0.15, 0.2) is 46.0 Å². The maximum atomic E-state index is 12.6. The summed E-state index contributed by atoms with van der Waals surface area (Å²) in [5.41, 5.74) is 3.48. The van der Waals surface area contributed by atoms with Gasteiger partial charge in [-0.15, -0.1) is 0 Å². The van der Waals surface area contributed by atoms with E-state index in [1.165, 1.54) is 18.3 Å². The molecule has 0 aliphatic rings. The Kier molecular flexibility index (Phi) is 9.34. The first-order valence-corrected chi connectivity index (χ1v) is 11.2. The van der Waals surface area contributed by atoms with Gasteiger partial charge in [-0.3, -0.25) is 9.59 Å². The molecule has 0 aliphatic heterocycles. The third-order valence-corrected chi connectivity index (χ3v) is 5.29. The Morgan fingerprint density at radius 1 is 1.10 bits per heavy atom. The minimum absolute atomic E-state index is 0.0565. The largest absolute Gasteiger partial charge is 0.490 e. The summed E-state index contributed by atoms with van der Waals surface area (Å²) < 4.78 is 6.45. The number of rotatable bonds is 8. The van der Waals surface area contributed by atoms with Gasteiger partial charge in [0.1, 0.15) is 11.8 Å². The summed E-state index contributed by atoms with van der Waals surface area (Å²) in [7, 11) is 0. The summed E-state index contributed by atoms with van der Waals surface area (Å²) >= 11 is 15.4. The summed E-state index contributed by atoms with van der Waals surface area (Å²) in [5.74, 6) is -0.362. The standard InChI is InChI=1S/C22H24BrCl2N3O3/c1-12(2)20(27-21(29)16-7-6-15(24)10-18(16)25)22(30)28-26-11-14-5-8-19(17(23)9-14)31-13(3)4/h5-13,20H,1-4H3,(H,27,29)(H,28,30)/b26-11+. The van der Waals surface area contributed by atoms with E-state index in [0.29, 0.717) is 5.02 Å². The van der Waals surface area contributed by atoms with Crippen LogP contribution in [-0.2, 0) is 4.79 Å². The molecule has 0 heterocycles. The molecule has 2 amide bonds. The van der Waals surface area contributed by atoms with Crippen LogP contribution in [-0.4, -0.2) is 30.2 Å². The van der Waals surface area contributed by atoms with E-state index in [-0.39, 0.29) is 22.6 Å². The summed E-state index contributed by atoms with van der Waals surface area (Å²) in [5, 5.41) is 7.33. The maximum absolute atomic E-state index is 12.6. The quantitative estimate of drug-likeness (QED) is 0.353. The Hall–Kier alpha value is -2.09. The van der Waals surface area contributed by atoms with Crippen molar-refractivity contribution in [1.29, 1.82) is 0 Å². The Morgan fingerprint density at radius 3 is 2.39 bits per heavy atom. The molecule has 0 radical (unpaired) electrons. The highest BCUT2D eigenvalue weighted by Crippen LogP contribution is 2.26. The molecule has 31 heavy (non-hydrogen) atoms. The highest BCUT2D eigenvalue weighted by atomic mass is 79.9. The topological polar surface area (TPSA) is 79.8 Å². The predicted molar refractivity (Wildman–Crippen MR) is 128 cm³/mol. The van der Waals surface area contributed by atoms with E-state index in [0.717, 1.165) is 15.8 Å². The van der Waals surface area contributed by atoms with Crippen LogP contribution in [0.2, 0.25) is 10.0 Å². The molecule has 2 aromatic rings. The zero-order valence-corrected chi connectivity index (χ0v) is 20.7. The van der Waals surface area contributed by atoms with E-state index < -0.39 is 17.9 Å². The molecule has 166 valence electrons. The van der Waals surface area contributed by atoms with Crippen molar-refractivity contribution in [2.45, 2.75) is 39.8 Å². The van der Waals surface area contributed by atoms with Gasteiger partial charge in [-0.25, -0.2) is 5.43 Å². The van der Waals surface area contributed by atoms with E-state index in [2.05, 4.69) is 31.8 Å². The fraction of sp³-hybridized carbons (Fsp3) is 0.318. The number of hydrazone groups is 1. The fourth-order valence-corrected chi connectivity index (χ4v) is 3.60. The number of nitrogens with one attached hydrogen (secondary N) is 2. The van der Waals surface area contributed by atoms with Crippen molar-refractivity contribution in [3.63, 3.8) is 0 Å². The second-order valence-corrected chi connectivity index (χ2v) is 9.11. The van der Waals surface area contributed by atoms with Gasteiger partial charge < -0.3 is 10.1 Å². The molecule has 0 aliphatic carbocycles. The lowest BCUT2D eigenvalue weighted by Gasteiger charge is -2.20. The van der Waals surface area contributed by atoms with E-state index in [4.69, 9.17) is 27.9 Å². The molecule has 1 atom stereocenters. The van der Waals surface area contributed by atoms with Crippen molar-refractivity contribution in [1.82, 2.24) is 10.7 Å². The van der Waals surface area contributed by atoms with E-state index in [1.807, 2.05) is 45.9 Å². The van der Waals surface area contributed by atoms with Gasteiger partial charge >= 0.3 is 0 Å². The van der Waals surface area contributed by atoms with Crippen molar-refractivity contribution in [3.8, 4) is 5.75 Å². The van der Waals surface area contributed by atoms with E-state index >= 15 is 0 Å². The molecular formula is C22H24BrCl2N3O3. The number of ether oxygens (including phenoxy) is 1. The minimum Gasteiger partial charge on any atom is -0.490 e. The number of hydrogen-bond donors (Lipinski definition) is 2. The van der Waals surface area contributed by atoms with Crippen LogP contribution in [0.25, 0.3) is 0 Å². The van der Waals surface area contributed by atoms with Crippen LogP contribution in [0.3, 0.4) is 0 Å². The van der Waals surface area contributed by atoms with Crippen molar-refractivity contribution in [2.24, 2.45) is 11.0 Å². The molecule has 2 rings (SSSR count). The first-order valence-electron chi connectivity index (χ1n) is 9.63. The molecule has 2 N–H and O–H groups in total. The lowest BCUT2D eigenvalue weighted by Crippen LogP contribution is -2.48. The maximum Gasteiger partial charge on any atom is 0.262 e. The third kappa shape index (κ3) is 7.52. The Balaban J connectivity index is 2.04. The number of nitrogens with zero attached hydrogens (tertiary/aromatic N) is 1. The number of hydrogen-bond acceptors (Lipinski definition) is 4. The Morgan fingerprint density at radius 2 is 1.81 bits per heavy atom. The molecule has 2 aromatic carbocycles. The van der Waals surface area contributed by atoms with Gasteiger partial charge in [-0.05, 0) is 77.7 Å². The smallest absolute Gasteiger partial charge is 0.262 e. The van der Waals surface area contributed by atoms with Crippen LogP contribution in [0.4, 0.5) is 0 Å². The zero-order valence-electron chi connectivity index (χ0n) is 17.6. The summed E-state index contributed by atoms with van der Waals surface area (Å²) in [4.78, 5) is 25.2. The molecule has 9 heteroatoms. The average Bonchev–Trinajstić information content (AvgIpc) is 2.67.